The monoisotopic (exact) mass is 415 g/mol. The molecule has 1 amide bonds. The van der Waals surface area contributed by atoms with Gasteiger partial charge in [0.25, 0.3) is 0 Å². The first-order valence-electron chi connectivity index (χ1n) is 9.50. The van der Waals surface area contributed by atoms with Crippen LogP contribution in [0.25, 0.3) is 6.08 Å². The third kappa shape index (κ3) is 3.74. The normalized spacial score (nSPS) is 24.6. The Morgan fingerprint density at radius 2 is 1.57 bits per heavy atom. The van der Waals surface area contributed by atoms with E-state index in [1.165, 1.54) is 0 Å². The van der Waals surface area contributed by atoms with Crippen LogP contribution in [0.5, 0.6) is 0 Å². The number of piperidine rings is 1. The van der Waals surface area contributed by atoms with E-state index in [9.17, 15) is 13.2 Å². The molecule has 0 saturated carbocycles. The molecule has 2 unspecified atom stereocenters. The predicted molar refractivity (Wildman–Crippen MR) is 111 cm³/mol. The third-order valence-electron chi connectivity index (χ3n) is 5.74. The molecule has 2 aromatic rings. The molecule has 146 valence electrons. The minimum Gasteiger partial charge on any atom is -0.333 e. The molecule has 2 aromatic carbocycles. The van der Waals surface area contributed by atoms with E-state index in [4.69, 9.17) is 11.6 Å². The fourth-order valence-electron chi connectivity index (χ4n) is 4.37. The standard InChI is InChI=1S/C22H22ClNO3S/c23-17-9-6-16(7-10-17)8-13-22(25)24-18-11-12-19(24)15-21(14-18)28(26,27)20-4-2-1-3-5-20/h1-10,13,18-19,21H,11-12,14-15H2/b13-8+. The summed E-state index contributed by atoms with van der Waals surface area (Å²) in [6.07, 6.45) is 6.12. The minimum atomic E-state index is -3.36. The molecule has 2 aliphatic heterocycles. The van der Waals surface area contributed by atoms with Crippen molar-refractivity contribution in [2.24, 2.45) is 0 Å². The molecular weight excluding hydrogens is 394 g/mol. The second kappa shape index (κ2) is 7.72. The zero-order chi connectivity index (χ0) is 19.7. The predicted octanol–water partition coefficient (Wildman–Crippen LogP) is 4.35. The summed E-state index contributed by atoms with van der Waals surface area (Å²) in [7, 11) is -3.36. The lowest BCUT2D eigenvalue weighted by molar-refractivity contribution is -0.130. The molecule has 2 heterocycles. The number of hydrogen-bond donors (Lipinski definition) is 0. The SMILES string of the molecule is O=C(/C=C/c1ccc(Cl)cc1)N1C2CCC1CC(S(=O)(=O)c1ccccc1)C2. The molecule has 4 rings (SSSR count). The summed E-state index contributed by atoms with van der Waals surface area (Å²) in [6.45, 7) is 0. The number of nitrogens with zero attached hydrogens (tertiary/aromatic N) is 1. The molecule has 2 aliphatic rings. The molecule has 0 radical (unpaired) electrons. The number of fused-ring (bicyclic) bond motifs is 2. The lowest BCUT2D eigenvalue weighted by atomic mass is 10.0. The van der Waals surface area contributed by atoms with Gasteiger partial charge in [-0.3, -0.25) is 4.79 Å². The molecule has 2 bridgehead atoms. The van der Waals surface area contributed by atoms with Crippen molar-refractivity contribution in [1.82, 2.24) is 4.90 Å². The zero-order valence-corrected chi connectivity index (χ0v) is 16.9. The lowest BCUT2D eigenvalue weighted by Crippen LogP contribution is -2.49. The van der Waals surface area contributed by atoms with Crippen molar-refractivity contribution in [2.45, 2.75) is 47.9 Å². The van der Waals surface area contributed by atoms with E-state index < -0.39 is 15.1 Å². The Morgan fingerprint density at radius 3 is 2.18 bits per heavy atom. The summed E-state index contributed by atoms with van der Waals surface area (Å²) in [5.41, 5.74) is 0.909. The molecular formula is C22H22ClNO3S. The maximum atomic E-state index is 13.0. The highest BCUT2D eigenvalue weighted by atomic mass is 35.5. The van der Waals surface area contributed by atoms with Gasteiger partial charge in [0.1, 0.15) is 0 Å². The van der Waals surface area contributed by atoms with Crippen molar-refractivity contribution >= 4 is 33.4 Å². The molecule has 4 nitrogen and oxygen atoms in total. The van der Waals surface area contributed by atoms with E-state index >= 15 is 0 Å². The van der Waals surface area contributed by atoms with Crippen LogP contribution in [0.3, 0.4) is 0 Å². The van der Waals surface area contributed by atoms with Crippen LogP contribution in [0.15, 0.2) is 65.6 Å². The van der Waals surface area contributed by atoms with Gasteiger partial charge in [-0.1, -0.05) is 41.9 Å². The van der Waals surface area contributed by atoms with E-state index in [1.54, 1.807) is 48.6 Å². The van der Waals surface area contributed by atoms with Crippen LogP contribution in [-0.4, -0.2) is 36.6 Å². The molecule has 2 atom stereocenters. The number of halogens is 1. The van der Waals surface area contributed by atoms with Crippen molar-refractivity contribution in [3.63, 3.8) is 0 Å². The Balaban J connectivity index is 1.48. The number of carbonyl (C=O) groups is 1. The Labute approximate surface area is 170 Å². The Morgan fingerprint density at radius 1 is 0.964 bits per heavy atom. The lowest BCUT2D eigenvalue weighted by Gasteiger charge is -2.38. The second-order valence-electron chi connectivity index (χ2n) is 7.47. The summed E-state index contributed by atoms with van der Waals surface area (Å²) < 4.78 is 26.0. The largest absolute Gasteiger partial charge is 0.333 e. The highest BCUT2D eigenvalue weighted by Crippen LogP contribution is 2.40. The van der Waals surface area contributed by atoms with Crippen LogP contribution in [-0.2, 0) is 14.6 Å². The number of amides is 1. The number of rotatable bonds is 4. The number of benzene rings is 2. The van der Waals surface area contributed by atoms with Gasteiger partial charge in [-0.2, -0.15) is 0 Å². The van der Waals surface area contributed by atoms with E-state index in [0.29, 0.717) is 22.8 Å². The van der Waals surface area contributed by atoms with Gasteiger partial charge in [0.2, 0.25) is 5.91 Å². The summed E-state index contributed by atoms with van der Waals surface area (Å²) in [5.74, 6) is -0.0435. The summed E-state index contributed by atoms with van der Waals surface area (Å²) in [6, 6.07) is 15.9. The average molecular weight is 416 g/mol. The van der Waals surface area contributed by atoms with E-state index in [0.717, 1.165) is 18.4 Å². The number of sulfone groups is 1. The maximum Gasteiger partial charge on any atom is 0.247 e. The quantitative estimate of drug-likeness (QED) is 0.697. The van der Waals surface area contributed by atoms with Gasteiger partial charge < -0.3 is 4.90 Å². The molecule has 2 fully saturated rings. The fraction of sp³-hybridized carbons (Fsp3) is 0.318. The highest BCUT2D eigenvalue weighted by molar-refractivity contribution is 7.92. The number of carbonyl (C=O) groups excluding carboxylic acids is 1. The second-order valence-corrected chi connectivity index (χ2v) is 10.1. The van der Waals surface area contributed by atoms with E-state index in [2.05, 4.69) is 0 Å². The molecule has 0 spiro atoms. The number of hydrogen-bond acceptors (Lipinski definition) is 3. The van der Waals surface area contributed by atoms with Crippen LogP contribution in [0.4, 0.5) is 0 Å². The molecule has 2 saturated heterocycles. The van der Waals surface area contributed by atoms with Crippen LogP contribution < -0.4 is 0 Å². The maximum absolute atomic E-state index is 13.0. The Kier molecular flexibility index (Phi) is 5.30. The highest BCUT2D eigenvalue weighted by Gasteiger charge is 2.46. The van der Waals surface area contributed by atoms with Crippen LogP contribution >= 0.6 is 11.6 Å². The zero-order valence-electron chi connectivity index (χ0n) is 15.4. The minimum absolute atomic E-state index is 0.00962. The first kappa shape index (κ1) is 19.2. The van der Waals surface area contributed by atoms with Gasteiger partial charge in [-0.15, -0.1) is 0 Å². The topological polar surface area (TPSA) is 54.5 Å². The summed E-state index contributed by atoms with van der Waals surface area (Å²) >= 11 is 5.89. The van der Waals surface area contributed by atoms with Crippen molar-refractivity contribution < 1.29 is 13.2 Å². The van der Waals surface area contributed by atoms with Crippen LogP contribution in [0, 0.1) is 0 Å². The third-order valence-corrected chi connectivity index (χ3v) is 8.19. The average Bonchev–Trinajstić information content (AvgIpc) is 2.97. The van der Waals surface area contributed by atoms with Crippen molar-refractivity contribution in [1.29, 1.82) is 0 Å². The van der Waals surface area contributed by atoms with Gasteiger partial charge in [0, 0.05) is 23.2 Å². The first-order chi connectivity index (χ1) is 13.4. The van der Waals surface area contributed by atoms with Crippen LogP contribution in [0.1, 0.15) is 31.2 Å². The smallest absolute Gasteiger partial charge is 0.247 e. The Bertz CT molecular complexity index is 972. The van der Waals surface area contributed by atoms with Gasteiger partial charge in [0.15, 0.2) is 9.84 Å². The van der Waals surface area contributed by atoms with Gasteiger partial charge in [-0.05, 0) is 61.6 Å². The van der Waals surface area contributed by atoms with Gasteiger partial charge in [-0.25, -0.2) is 8.42 Å². The fourth-order valence-corrected chi connectivity index (χ4v) is 6.37. The first-order valence-corrected chi connectivity index (χ1v) is 11.4. The molecule has 0 aromatic heterocycles. The molecule has 0 N–H and O–H groups in total. The van der Waals surface area contributed by atoms with Crippen molar-refractivity contribution in [3.05, 3.63) is 71.3 Å². The molecule has 6 heteroatoms. The van der Waals surface area contributed by atoms with Crippen LogP contribution in [0.2, 0.25) is 5.02 Å². The van der Waals surface area contributed by atoms with Crippen molar-refractivity contribution in [3.8, 4) is 0 Å². The molecule has 28 heavy (non-hydrogen) atoms. The Hall–Kier alpha value is -2.11. The van der Waals surface area contributed by atoms with Gasteiger partial charge >= 0.3 is 0 Å². The van der Waals surface area contributed by atoms with E-state index in [1.807, 2.05) is 23.1 Å². The van der Waals surface area contributed by atoms with E-state index in [-0.39, 0.29) is 18.0 Å². The summed E-state index contributed by atoms with van der Waals surface area (Å²) in [4.78, 5) is 15.1. The molecule has 0 aliphatic carbocycles. The summed E-state index contributed by atoms with van der Waals surface area (Å²) in [5, 5.41) is 0.236. The van der Waals surface area contributed by atoms with Crippen molar-refractivity contribution in [2.75, 3.05) is 0 Å². The van der Waals surface area contributed by atoms with Gasteiger partial charge in [0.05, 0.1) is 10.1 Å².